The van der Waals surface area contributed by atoms with Crippen LogP contribution in [0.1, 0.15) is 38.4 Å². The van der Waals surface area contributed by atoms with Crippen molar-refractivity contribution in [3.8, 4) is 5.82 Å². The average molecular weight is 388 g/mol. The highest BCUT2D eigenvalue weighted by Crippen LogP contribution is 2.29. The zero-order valence-corrected chi connectivity index (χ0v) is 15.6. The Bertz CT molecular complexity index is 990. The zero-order valence-electron chi connectivity index (χ0n) is 15.6. The first-order valence-corrected chi connectivity index (χ1v) is 8.60. The molecule has 1 amide bonds. The highest BCUT2D eigenvalue weighted by atomic mass is 19.4. The number of alkyl halides is 3. The molecule has 0 saturated carbocycles. The Morgan fingerprint density at radius 2 is 1.75 bits per heavy atom. The first-order chi connectivity index (χ1) is 13.2. The lowest BCUT2D eigenvalue weighted by Crippen LogP contribution is -2.23. The van der Waals surface area contributed by atoms with Crippen molar-refractivity contribution in [1.29, 1.82) is 0 Å². The number of benzene rings is 1. The normalized spacial score (nSPS) is 11.5. The number of carbonyl (C=O) groups is 1. The van der Waals surface area contributed by atoms with Crippen LogP contribution in [-0.2, 0) is 12.7 Å². The van der Waals surface area contributed by atoms with Crippen LogP contribution in [0.5, 0.6) is 0 Å². The molecule has 0 aliphatic carbocycles. The summed E-state index contributed by atoms with van der Waals surface area (Å²) >= 11 is 0. The zero-order chi connectivity index (χ0) is 20.5. The second-order valence-electron chi connectivity index (χ2n) is 6.49. The Morgan fingerprint density at radius 3 is 2.25 bits per heavy atom. The summed E-state index contributed by atoms with van der Waals surface area (Å²) in [5.41, 5.74) is 3.18. The maximum atomic E-state index is 12.6. The predicted molar refractivity (Wildman–Crippen MR) is 98.2 cm³/mol. The summed E-state index contributed by atoms with van der Waals surface area (Å²) in [6.07, 6.45) is -2.93. The quantitative estimate of drug-likeness (QED) is 0.731. The molecule has 0 atom stereocenters. The molecule has 1 aromatic carbocycles. The molecule has 2 heterocycles. The van der Waals surface area contributed by atoms with Crippen molar-refractivity contribution in [3.63, 3.8) is 0 Å². The highest BCUT2D eigenvalue weighted by Gasteiger charge is 2.29. The van der Waals surface area contributed by atoms with E-state index in [1.165, 1.54) is 18.3 Å². The van der Waals surface area contributed by atoms with Gasteiger partial charge < -0.3 is 5.32 Å². The number of amides is 1. The van der Waals surface area contributed by atoms with Crippen molar-refractivity contribution in [3.05, 3.63) is 76.2 Å². The van der Waals surface area contributed by atoms with Crippen LogP contribution in [0.2, 0.25) is 0 Å². The smallest absolute Gasteiger partial charge is 0.348 e. The largest absolute Gasteiger partial charge is 0.416 e. The van der Waals surface area contributed by atoms with Gasteiger partial charge in [0.2, 0.25) is 0 Å². The van der Waals surface area contributed by atoms with Gasteiger partial charge in [-0.05, 0) is 56.2 Å². The number of rotatable bonds is 4. The molecule has 0 aliphatic heterocycles. The van der Waals surface area contributed by atoms with Gasteiger partial charge in [-0.1, -0.05) is 12.1 Å². The van der Waals surface area contributed by atoms with Gasteiger partial charge in [0.05, 0.1) is 16.8 Å². The van der Waals surface area contributed by atoms with Crippen molar-refractivity contribution in [1.82, 2.24) is 20.1 Å². The summed E-state index contributed by atoms with van der Waals surface area (Å²) in [7, 11) is 0. The SMILES string of the molecule is Cc1nn(-c2ccc(C(=O)NCc3ccc(C(F)(F)F)cc3)cn2)c(C)c1C. The Labute approximate surface area is 160 Å². The predicted octanol–water partition coefficient (Wildman–Crippen LogP) is 4.14. The van der Waals surface area contributed by atoms with Gasteiger partial charge >= 0.3 is 6.18 Å². The molecular formula is C20H19F3N4O. The molecule has 3 aromatic rings. The molecule has 0 spiro atoms. The number of aromatic nitrogens is 3. The molecule has 2 aromatic heterocycles. The van der Waals surface area contributed by atoms with Crippen LogP contribution in [0.3, 0.4) is 0 Å². The Balaban J connectivity index is 1.66. The molecule has 0 fully saturated rings. The minimum atomic E-state index is -4.38. The highest BCUT2D eigenvalue weighted by molar-refractivity contribution is 5.93. The first-order valence-electron chi connectivity index (χ1n) is 8.60. The van der Waals surface area contributed by atoms with Crippen molar-refractivity contribution in [2.45, 2.75) is 33.5 Å². The number of pyridine rings is 1. The van der Waals surface area contributed by atoms with E-state index >= 15 is 0 Å². The van der Waals surface area contributed by atoms with Crippen LogP contribution < -0.4 is 5.32 Å². The number of carbonyl (C=O) groups excluding carboxylic acids is 1. The fourth-order valence-electron chi connectivity index (χ4n) is 2.69. The second-order valence-corrected chi connectivity index (χ2v) is 6.49. The summed E-state index contributed by atoms with van der Waals surface area (Å²) in [5.74, 6) is 0.247. The minimum Gasteiger partial charge on any atom is -0.348 e. The average Bonchev–Trinajstić information content (AvgIpc) is 2.93. The lowest BCUT2D eigenvalue weighted by molar-refractivity contribution is -0.137. The molecule has 146 valence electrons. The summed E-state index contributed by atoms with van der Waals surface area (Å²) in [5, 5.41) is 7.10. The van der Waals surface area contributed by atoms with Crippen LogP contribution >= 0.6 is 0 Å². The Morgan fingerprint density at radius 1 is 1.07 bits per heavy atom. The van der Waals surface area contributed by atoms with E-state index in [2.05, 4.69) is 15.4 Å². The number of hydrogen-bond acceptors (Lipinski definition) is 3. The molecule has 1 N–H and O–H groups in total. The monoisotopic (exact) mass is 388 g/mol. The fraction of sp³-hybridized carbons (Fsp3) is 0.250. The van der Waals surface area contributed by atoms with E-state index in [0.29, 0.717) is 16.9 Å². The Hall–Kier alpha value is -3.16. The third kappa shape index (κ3) is 4.05. The van der Waals surface area contributed by atoms with Gasteiger partial charge in [-0.3, -0.25) is 4.79 Å². The second kappa shape index (κ2) is 7.46. The number of nitrogens with zero attached hydrogens (tertiary/aromatic N) is 3. The number of halogens is 3. The molecule has 3 rings (SSSR count). The van der Waals surface area contributed by atoms with Gasteiger partial charge in [0, 0.05) is 18.4 Å². The van der Waals surface area contributed by atoms with E-state index < -0.39 is 11.7 Å². The summed E-state index contributed by atoms with van der Waals surface area (Å²) < 4.78 is 39.4. The lowest BCUT2D eigenvalue weighted by atomic mass is 10.1. The maximum absolute atomic E-state index is 12.6. The van der Waals surface area contributed by atoms with E-state index in [4.69, 9.17) is 0 Å². The van der Waals surface area contributed by atoms with Crippen molar-refractivity contribution in [2.24, 2.45) is 0 Å². The third-order valence-electron chi connectivity index (χ3n) is 4.61. The van der Waals surface area contributed by atoms with Gasteiger partial charge in [0.15, 0.2) is 5.82 Å². The third-order valence-corrected chi connectivity index (χ3v) is 4.61. The van der Waals surface area contributed by atoms with Crippen molar-refractivity contribution >= 4 is 5.91 Å². The molecule has 8 heteroatoms. The summed E-state index contributed by atoms with van der Waals surface area (Å²) in [4.78, 5) is 16.6. The molecule has 0 saturated heterocycles. The number of hydrogen-bond donors (Lipinski definition) is 1. The van der Waals surface area contributed by atoms with Gasteiger partial charge in [-0.2, -0.15) is 18.3 Å². The molecule has 0 radical (unpaired) electrons. The van der Waals surface area contributed by atoms with E-state index in [-0.39, 0.29) is 12.5 Å². The van der Waals surface area contributed by atoms with E-state index in [1.807, 2.05) is 20.8 Å². The molecular weight excluding hydrogens is 369 g/mol. The van der Waals surface area contributed by atoms with Crippen molar-refractivity contribution < 1.29 is 18.0 Å². The van der Waals surface area contributed by atoms with Crippen LogP contribution in [0.4, 0.5) is 13.2 Å². The van der Waals surface area contributed by atoms with Crippen molar-refractivity contribution in [2.75, 3.05) is 0 Å². The Kier molecular flexibility index (Phi) is 5.22. The van der Waals surface area contributed by atoms with Gasteiger partial charge in [-0.15, -0.1) is 0 Å². The first kappa shape index (κ1) is 19.6. The van der Waals surface area contributed by atoms with Crippen LogP contribution in [0.15, 0.2) is 42.6 Å². The van der Waals surface area contributed by atoms with Gasteiger partial charge in [-0.25, -0.2) is 9.67 Å². The van der Waals surface area contributed by atoms with Gasteiger partial charge in [0.1, 0.15) is 0 Å². The van der Waals surface area contributed by atoms with E-state index in [9.17, 15) is 18.0 Å². The van der Waals surface area contributed by atoms with Crippen LogP contribution in [0, 0.1) is 20.8 Å². The molecule has 0 unspecified atom stereocenters. The number of aryl methyl sites for hydroxylation is 1. The molecule has 0 aliphatic rings. The van der Waals surface area contributed by atoms with E-state index in [1.54, 1.807) is 16.8 Å². The molecule has 0 bridgehead atoms. The minimum absolute atomic E-state index is 0.120. The lowest BCUT2D eigenvalue weighted by Gasteiger charge is -2.09. The molecule has 5 nitrogen and oxygen atoms in total. The van der Waals surface area contributed by atoms with E-state index in [0.717, 1.165) is 29.1 Å². The maximum Gasteiger partial charge on any atom is 0.416 e. The standard InChI is InChI=1S/C20H19F3N4O/c1-12-13(2)26-27(14(12)3)18-9-6-16(11-24-18)19(28)25-10-15-4-7-17(8-5-15)20(21,22)23/h4-9,11H,10H2,1-3H3,(H,25,28). The van der Waals surface area contributed by atoms with Gasteiger partial charge in [0.25, 0.3) is 5.91 Å². The molecule has 28 heavy (non-hydrogen) atoms. The number of nitrogens with one attached hydrogen (secondary N) is 1. The summed E-state index contributed by atoms with van der Waals surface area (Å²) in [6.45, 7) is 5.97. The fourth-order valence-corrected chi connectivity index (χ4v) is 2.69. The van der Waals surface area contributed by atoms with Crippen LogP contribution in [-0.4, -0.2) is 20.7 Å². The summed E-state index contributed by atoms with van der Waals surface area (Å²) in [6, 6.07) is 8.01. The van der Waals surface area contributed by atoms with Crippen LogP contribution in [0.25, 0.3) is 5.82 Å². The topological polar surface area (TPSA) is 59.8 Å².